The van der Waals surface area contributed by atoms with Crippen LogP contribution in [0.25, 0.3) is 0 Å². The van der Waals surface area contributed by atoms with Crippen LogP contribution in [0.15, 0.2) is 29.2 Å². The lowest BCUT2D eigenvalue weighted by Crippen LogP contribution is -2.33. The summed E-state index contributed by atoms with van der Waals surface area (Å²) in [6.45, 7) is 3.72. The van der Waals surface area contributed by atoms with E-state index in [9.17, 15) is 18.0 Å². The molecule has 23 heavy (non-hydrogen) atoms. The largest absolute Gasteiger partial charge is 0.463 e. The molecule has 0 amide bonds. The van der Waals surface area contributed by atoms with E-state index in [4.69, 9.17) is 9.47 Å². The minimum absolute atomic E-state index is 0.00264. The van der Waals surface area contributed by atoms with Gasteiger partial charge >= 0.3 is 11.9 Å². The van der Waals surface area contributed by atoms with E-state index in [-0.39, 0.29) is 23.1 Å². The summed E-state index contributed by atoms with van der Waals surface area (Å²) in [6, 6.07) is 5.34. The molecular formula is C15H19NO6S. The number of benzene rings is 1. The van der Waals surface area contributed by atoms with Crippen molar-refractivity contribution in [3.05, 3.63) is 29.8 Å². The number of hydrogen-bond acceptors (Lipinski definition) is 6. The number of rotatable bonds is 5. The molecule has 0 aliphatic carbocycles. The summed E-state index contributed by atoms with van der Waals surface area (Å²) in [5.74, 6) is -1.33. The Kier molecular flexibility index (Phi) is 5.06. The van der Waals surface area contributed by atoms with Gasteiger partial charge in [0.25, 0.3) is 0 Å². The minimum atomic E-state index is -3.70. The maximum atomic E-state index is 12.4. The molecule has 1 heterocycles. The summed E-state index contributed by atoms with van der Waals surface area (Å²) in [5.41, 5.74) is 0.0722. The number of nitrogens with zero attached hydrogens (tertiary/aromatic N) is 1. The number of sulfonamides is 1. The van der Waals surface area contributed by atoms with Crippen molar-refractivity contribution in [1.82, 2.24) is 4.31 Å². The summed E-state index contributed by atoms with van der Waals surface area (Å²) >= 11 is 0. The van der Waals surface area contributed by atoms with Gasteiger partial charge in [-0.25, -0.2) is 18.0 Å². The first kappa shape index (κ1) is 17.4. The number of cyclic esters (lactones) is 1. The summed E-state index contributed by atoms with van der Waals surface area (Å²) < 4.78 is 35.9. The highest BCUT2D eigenvalue weighted by Crippen LogP contribution is 2.19. The van der Waals surface area contributed by atoms with Gasteiger partial charge in [0.1, 0.15) is 0 Å². The Labute approximate surface area is 135 Å². The molecule has 1 fully saturated rings. The molecule has 0 saturated carbocycles. The van der Waals surface area contributed by atoms with Crippen LogP contribution in [0.2, 0.25) is 0 Å². The molecule has 1 aromatic rings. The maximum absolute atomic E-state index is 12.4. The van der Waals surface area contributed by atoms with Crippen LogP contribution in [0.4, 0.5) is 0 Å². The van der Waals surface area contributed by atoms with E-state index in [0.717, 1.165) is 0 Å². The Bertz CT molecular complexity index is 712. The summed E-state index contributed by atoms with van der Waals surface area (Å²) in [4.78, 5) is 23.4. The highest BCUT2D eigenvalue weighted by atomic mass is 32.2. The van der Waals surface area contributed by atoms with Crippen LogP contribution in [-0.4, -0.2) is 50.5 Å². The Balaban J connectivity index is 2.22. The molecule has 7 nitrogen and oxygen atoms in total. The molecule has 0 unspecified atom stereocenters. The Morgan fingerprint density at radius 1 is 1.39 bits per heavy atom. The van der Waals surface area contributed by atoms with Crippen LogP contribution in [0.3, 0.4) is 0 Å². The van der Waals surface area contributed by atoms with Gasteiger partial charge in [-0.3, -0.25) is 0 Å². The fourth-order valence-corrected chi connectivity index (χ4v) is 3.42. The van der Waals surface area contributed by atoms with Crippen LogP contribution >= 0.6 is 0 Å². The second-order valence-electron chi connectivity index (χ2n) is 5.49. The zero-order valence-electron chi connectivity index (χ0n) is 13.2. The topological polar surface area (TPSA) is 90.0 Å². The average Bonchev–Trinajstić information content (AvgIpc) is 2.91. The van der Waals surface area contributed by atoms with Crippen molar-refractivity contribution in [2.24, 2.45) is 0 Å². The molecule has 0 radical (unpaired) electrons. The van der Waals surface area contributed by atoms with Crippen LogP contribution in [0.5, 0.6) is 0 Å². The number of carbonyl (C=O) groups is 2. The second-order valence-corrected chi connectivity index (χ2v) is 7.49. The van der Waals surface area contributed by atoms with Crippen molar-refractivity contribution in [2.45, 2.75) is 37.3 Å². The van der Waals surface area contributed by atoms with E-state index in [1.54, 1.807) is 13.8 Å². The van der Waals surface area contributed by atoms with Gasteiger partial charge in [-0.05, 0) is 32.0 Å². The zero-order valence-corrected chi connectivity index (χ0v) is 14.0. The molecule has 1 aliphatic heterocycles. The van der Waals surface area contributed by atoms with Crippen molar-refractivity contribution in [1.29, 1.82) is 0 Å². The number of hydrogen-bond donors (Lipinski definition) is 0. The van der Waals surface area contributed by atoms with Gasteiger partial charge in [0, 0.05) is 19.5 Å². The van der Waals surface area contributed by atoms with E-state index in [0.29, 0.717) is 6.42 Å². The third kappa shape index (κ3) is 3.70. The lowest BCUT2D eigenvalue weighted by atomic mass is 10.2. The Morgan fingerprint density at radius 2 is 2.09 bits per heavy atom. The normalized spacial score (nSPS) is 18.3. The summed E-state index contributed by atoms with van der Waals surface area (Å²) in [6.07, 6.45) is -0.625. The minimum Gasteiger partial charge on any atom is -0.463 e. The molecule has 1 aliphatic rings. The van der Waals surface area contributed by atoms with Crippen molar-refractivity contribution in [3.8, 4) is 0 Å². The SMILES string of the molecule is CC(C)N(C)S(=O)(=O)c1cccc(C(=O)O[C@@H]2CCOC2=O)c1. The highest BCUT2D eigenvalue weighted by molar-refractivity contribution is 7.89. The monoisotopic (exact) mass is 341 g/mol. The molecule has 8 heteroatoms. The van der Waals surface area contributed by atoms with Crippen molar-refractivity contribution < 1.29 is 27.5 Å². The van der Waals surface area contributed by atoms with Gasteiger partial charge in [-0.1, -0.05) is 6.07 Å². The van der Waals surface area contributed by atoms with E-state index in [1.165, 1.54) is 35.6 Å². The number of esters is 2. The average molecular weight is 341 g/mol. The second kappa shape index (κ2) is 6.67. The van der Waals surface area contributed by atoms with Gasteiger partial charge in [0.05, 0.1) is 17.1 Å². The molecule has 1 aromatic carbocycles. The first-order chi connectivity index (χ1) is 10.7. The van der Waals surface area contributed by atoms with E-state index >= 15 is 0 Å². The lowest BCUT2D eigenvalue weighted by Gasteiger charge is -2.21. The maximum Gasteiger partial charge on any atom is 0.347 e. The van der Waals surface area contributed by atoms with E-state index in [2.05, 4.69) is 0 Å². The van der Waals surface area contributed by atoms with Crippen LogP contribution in [-0.2, 0) is 24.3 Å². The molecular weight excluding hydrogens is 322 g/mol. The summed E-state index contributed by atoms with van der Waals surface area (Å²) in [5, 5.41) is 0. The first-order valence-electron chi connectivity index (χ1n) is 7.19. The van der Waals surface area contributed by atoms with Crippen molar-refractivity contribution in [3.63, 3.8) is 0 Å². The molecule has 0 spiro atoms. The number of carbonyl (C=O) groups excluding carboxylic acids is 2. The Hall–Kier alpha value is -1.93. The van der Waals surface area contributed by atoms with Gasteiger partial charge in [-0.15, -0.1) is 0 Å². The predicted molar refractivity (Wildman–Crippen MR) is 81.3 cm³/mol. The lowest BCUT2D eigenvalue weighted by molar-refractivity contribution is -0.145. The fourth-order valence-electron chi connectivity index (χ4n) is 2.01. The Morgan fingerprint density at radius 3 is 2.65 bits per heavy atom. The number of ether oxygens (including phenoxy) is 2. The molecule has 2 rings (SSSR count). The van der Waals surface area contributed by atoms with Crippen molar-refractivity contribution in [2.75, 3.05) is 13.7 Å². The zero-order chi connectivity index (χ0) is 17.2. The van der Waals surface area contributed by atoms with Crippen molar-refractivity contribution >= 4 is 22.0 Å². The first-order valence-corrected chi connectivity index (χ1v) is 8.63. The van der Waals surface area contributed by atoms with Crippen LogP contribution in [0, 0.1) is 0 Å². The molecule has 1 atom stereocenters. The third-order valence-corrected chi connectivity index (χ3v) is 5.64. The molecule has 126 valence electrons. The van der Waals surface area contributed by atoms with Gasteiger partial charge in [0.15, 0.2) is 0 Å². The standard InChI is InChI=1S/C15H19NO6S/c1-10(2)16(3)23(19,20)12-6-4-5-11(9-12)14(17)22-13-7-8-21-15(13)18/h4-6,9-10,13H,7-8H2,1-3H3/t13-/m1/s1. The fraction of sp³-hybridized carbons (Fsp3) is 0.467. The van der Waals surface area contributed by atoms with Crippen LogP contribution < -0.4 is 0 Å². The molecule has 0 N–H and O–H groups in total. The highest BCUT2D eigenvalue weighted by Gasteiger charge is 2.31. The molecule has 0 bridgehead atoms. The van der Waals surface area contributed by atoms with Gasteiger partial charge < -0.3 is 9.47 Å². The van der Waals surface area contributed by atoms with Gasteiger partial charge in [0.2, 0.25) is 16.1 Å². The molecule has 1 saturated heterocycles. The predicted octanol–water partition coefficient (Wildman–Crippen LogP) is 1.19. The third-order valence-electron chi connectivity index (χ3n) is 3.61. The van der Waals surface area contributed by atoms with Crippen LogP contribution in [0.1, 0.15) is 30.6 Å². The van der Waals surface area contributed by atoms with E-state index in [1.807, 2.05) is 0 Å². The molecule has 0 aromatic heterocycles. The quantitative estimate of drug-likeness (QED) is 0.747. The smallest absolute Gasteiger partial charge is 0.347 e. The van der Waals surface area contributed by atoms with Gasteiger partial charge in [-0.2, -0.15) is 4.31 Å². The summed E-state index contributed by atoms with van der Waals surface area (Å²) in [7, 11) is -2.23. The van der Waals surface area contributed by atoms with E-state index < -0.39 is 28.1 Å².